The number of aliphatic hydroxyl groups excluding tert-OH is 1. The van der Waals surface area contributed by atoms with Gasteiger partial charge in [-0.2, -0.15) is 16.1 Å². The number of hydrogen-bond donors (Lipinski definition) is 3. The number of nitrogens with two attached hydrogens (primary N) is 1. The number of rotatable bonds is 9. The van der Waals surface area contributed by atoms with Gasteiger partial charge in [-0.25, -0.2) is 8.42 Å². The van der Waals surface area contributed by atoms with Gasteiger partial charge in [0.25, 0.3) is 0 Å². The lowest BCUT2D eigenvalue weighted by Gasteiger charge is -2.07. The number of nitrogen functional groups attached to an aromatic ring is 1. The predicted octanol–water partition coefficient (Wildman–Crippen LogP) is 1.19. The summed E-state index contributed by atoms with van der Waals surface area (Å²) < 4.78 is 28.5. The van der Waals surface area contributed by atoms with Crippen molar-refractivity contribution in [2.45, 2.75) is 29.4 Å². The van der Waals surface area contributed by atoms with Crippen LogP contribution in [0.15, 0.2) is 4.90 Å². The van der Waals surface area contributed by atoms with Crippen molar-refractivity contribution >= 4 is 44.0 Å². The second-order valence-electron chi connectivity index (χ2n) is 4.59. The first-order valence-corrected chi connectivity index (χ1v) is 9.96. The Bertz CT molecular complexity index is 540. The Kier molecular flexibility index (Phi) is 5.53. The van der Waals surface area contributed by atoms with Gasteiger partial charge in [0.05, 0.1) is 5.25 Å². The molecule has 0 saturated heterocycles. The lowest BCUT2D eigenvalue weighted by Crippen LogP contribution is -2.12. The van der Waals surface area contributed by atoms with Gasteiger partial charge in [0.1, 0.15) is 9.90 Å². The van der Waals surface area contributed by atoms with E-state index >= 15 is 0 Å². The van der Waals surface area contributed by atoms with Crippen molar-refractivity contribution in [2.24, 2.45) is 0 Å². The van der Waals surface area contributed by atoms with Gasteiger partial charge in [0.15, 0.2) is 15.7 Å². The van der Waals surface area contributed by atoms with E-state index in [1.807, 2.05) is 0 Å². The van der Waals surface area contributed by atoms with Crippen molar-refractivity contribution < 1.29 is 13.5 Å². The number of aliphatic hydroxyl groups is 1. The van der Waals surface area contributed by atoms with Gasteiger partial charge < -0.3 is 16.2 Å². The number of nitrogens with one attached hydrogen (secondary N) is 1. The molecule has 20 heavy (non-hydrogen) atoms. The first-order chi connectivity index (χ1) is 9.57. The minimum atomic E-state index is -3.31. The zero-order valence-electron chi connectivity index (χ0n) is 11.0. The Morgan fingerprint density at radius 2 is 2.20 bits per heavy atom. The van der Waals surface area contributed by atoms with Crippen LogP contribution in [0.25, 0.3) is 0 Å². The second kappa shape index (κ2) is 6.97. The lowest BCUT2D eigenvalue weighted by atomic mass is 10.5. The molecule has 0 bridgehead atoms. The maximum Gasteiger partial charge on any atom is 0.187 e. The molecule has 1 aromatic rings. The molecule has 114 valence electrons. The Labute approximate surface area is 127 Å². The molecule has 1 aliphatic rings. The highest BCUT2D eigenvalue weighted by Crippen LogP contribution is 2.40. The zero-order valence-corrected chi connectivity index (χ0v) is 13.5. The van der Waals surface area contributed by atoms with Crippen LogP contribution >= 0.6 is 23.3 Å². The molecule has 1 fully saturated rings. The minimum absolute atomic E-state index is 0.109. The molecule has 0 amide bonds. The van der Waals surface area contributed by atoms with Crippen molar-refractivity contribution in [1.82, 2.24) is 4.37 Å². The van der Waals surface area contributed by atoms with E-state index in [1.165, 1.54) is 0 Å². The highest BCUT2D eigenvalue weighted by atomic mass is 32.2. The van der Waals surface area contributed by atoms with Gasteiger partial charge in [-0.15, -0.1) is 0 Å². The summed E-state index contributed by atoms with van der Waals surface area (Å²) in [6.07, 6.45) is 2.21. The quantitative estimate of drug-likeness (QED) is 0.581. The van der Waals surface area contributed by atoms with E-state index in [9.17, 15) is 8.42 Å². The van der Waals surface area contributed by atoms with Crippen molar-refractivity contribution in [3.63, 3.8) is 0 Å². The van der Waals surface area contributed by atoms with Crippen LogP contribution in [0.3, 0.4) is 0 Å². The molecule has 9 heteroatoms. The van der Waals surface area contributed by atoms with Crippen LogP contribution in [-0.2, 0) is 9.84 Å². The number of hydrogen-bond acceptors (Lipinski definition) is 8. The van der Waals surface area contributed by atoms with E-state index in [0.29, 0.717) is 24.4 Å². The third-order valence-corrected chi connectivity index (χ3v) is 7.25. The Hall–Kier alpha value is -0.510. The Balaban J connectivity index is 1.92. The van der Waals surface area contributed by atoms with Crippen LogP contribution in [0.4, 0.5) is 10.8 Å². The molecule has 0 aliphatic heterocycles. The van der Waals surface area contributed by atoms with Crippen LogP contribution < -0.4 is 11.1 Å². The molecule has 0 aromatic carbocycles. The highest BCUT2D eigenvalue weighted by molar-refractivity contribution is 7.99. The molecule has 0 unspecified atom stereocenters. The van der Waals surface area contributed by atoms with Gasteiger partial charge >= 0.3 is 0 Å². The smallest absolute Gasteiger partial charge is 0.187 e. The summed E-state index contributed by atoms with van der Waals surface area (Å²) in [5, 5.41) is 12.1. The number of nitrogens with zero attached hydrogens (tertiary/aromatic N) is 1. The first kappa shape index (κ1) is 15.9. The standard InChI is InChI=1S/C11H19N3O3S3/c12-10-9(20(16,17)8-2-3-8)11(19-14-10)13-4-7-18-6-1-5-15/h8,13,15H,1-7H2,(H2,12,14). The minimum Gasteiger partial charge on any atom is -0.396 e. The predicted molar refractivity (Wildman–Crippen MR) is 84.3 cm³/mol. The molecule has 0 atom stereocenters. The van der Waals surface area contributed by atoms with Crippen LogP contribution in [0.5, 0.6) is 0 Å². The number of anilines is 2. The summed E-state index contributed by atoms with van der Waals surface area (Å²) in [6, 6.07) is 0. The van der Waals surface area contributed by atoms with E-state index in [-0.39, 0.29) is 22.6 Å². The van der Waals surface area contributed by atoms with E-state index < -0.39 is 9.84 Å². The highest BCUT2D eigenvalue weighted by Gasteiger charge is 2.40. The maximum absolute atomic E-state index is 12.3. The number of aromatic nitrogens is 1. The topological polar surface area (TPSA) is 105 Å². The molecule has 1 aliphatic carbocycles. The van der Waals surface area contributed by atoms with Crippen molar-refractivity contribution in [3.8, 4) is 0 Å². The van der Waals surface area contributed by atoms with Gasteiger partial charge in [-0.1, -0.05) is 0 Å². The largest absolute Gasteiger partial charge is 0.396 e. The van der Waals surface area contributed by atoms with E-state index in [0.717, 1.165) is 29.5 Å². The molecule has 6 nitrogen and oxygen atoms in total. The fraction of sp³-hybridized carbons (Fsp3) is 0.727. The first-order valence-electron chi connectivity index (χ1n) is 6.49. The lowest BCUT2D eigenvalue weighted by molar-refractivity contribution is 0.296. The molecule has 1 aromatic heterocycles. The molecule has 1 heterocycles. The Morgan fingerprint density at radius 3 is 2.85 bits per heavy atom. The normalized spacial score (nSPS) is 15.4. The third-order valence-electron chi connectivity index (χ3n) is 2.90. The van der Waals surface area contributed by atoms with Crippen LogP contribution in [0, 0.1) is 0 Å². The molecule has 0 radical (unpaired) electrons. The van der Waals surface area contributed by atoms with E-state index in [1.54, 1.807) is 11.8 Å². The summed E-state index contributed by atoms with van der Waals surface area (Å²) in [4.78, 5) is 0.186. The molecule has 2 rings (SSSR count). The van der Waals surface area contributed by atoms with E-state index in [4.69, 9.17) is 10.8 Å². The second-order valence-corrected chi connectivity index (χ2v) is 8.75. The van der Waals surface area contributed by atoms with Gasteiger partial charge in [0.2, 0.25) is 0 Å². The van der Waals surface area contributed by atoms with Crippen molar-refractivity contribution in [1.29, 1.82) is 0 Å². The average Bonchev–Trinajstić information content (AvgIpc) is 3.19. The monoisotopic (exact) mass is 337 g/mol. The summed E-state index contributed by atoms with van der Waals surface area (Å²) in [6.45, 7) is 0.862. The zero-order chi connectivity index (χ0) is 14.6. The van der Waals surface area contributed by atoms with Gasteiger partial charge in [-0.05, 0) is 36.5 Å². The third kappa shape index (κ3) is 3.78. The van der Waals surface area contributed by atoms with Crippen molar-refractivity contribution in [3.05, 3.63) is 0 Å². The SMILES string of the molecule is Nc1nsc(NCCSCCCO)c1S(=O)(=O)C1CC1. The molecular weight excluding hydrogens is 318 g/mol. The number of thioether (sulfide) groups is 1. The fourth-order valence-corrected chi connectivity index (χ4v) is 5.43. The maximum atomic E-state index is 12.3. The van der Waals surface area contributed by atoms with Crippen LogP contribution in [-0.4, -0.2) is 47.8 Å². The summed E-state index contributed by atoms with van der Waals surface area (Å²) >= 11 is 2.82. The Morgan fingerprint density at radius 1 is 1.45 bits per heavy atom. The van der Waals surface area contributed by atoms with Gasteiger partial charge in [-0.3, -0.25) is 0 Å². The molecule has 4 N–H and O–H groups in total. The number of sulfone groups is 1. The summed E-state index contributed by atoms with van der Waals surface area (Å²) in [5.41, 5.74) is 5.71. The molecular formula is C11H19N3O3S3. The van der Waals surface area contributed by atoms with Crippen molar-refractivity contribution in [2.75, 3.05) is 35.7 Å². The summed E-state index contributed by atoms with van der Waals surface area (Å²) in [7, 11) is -3.31. The fourth-order valence-electron chi connectivity index (χ4n) is 1.73. The van der Waals surface area contributed by atoms with E-state index in [2.05, 4.69) is 9.69 Å². The van der Waals surface area contributed by atoms with Crippen LogP contribution in [0.2, 0.25) is 0 Å². The summed E-state index contributed by atoms with van der Waals surface area (Å²) in [5.74, 6) is 1.86. The van der Waals surface area contributed by atoms with Gasteiger partial charge in [0, 0.05) is 18.9 Å². The van der Waals surface area contributed by atoms with Crippen LogP contribution in [0.1, 0.15) is 19.3 Å². The average molecular weight is 337 g/mol. The molecule has 0 spiro atoms. The molecule has 1 saturated carbocycles.